The van der Waals surface area contributed by atoms with Crippen molar-refractivity contribution in [2.24, 2.45) is 23.7 Å². The Morgan fingerprint density at radius 2 is 1.76 bits per heavy atom. The summed E-state index contributed by atoms with van der Waals surface area (Å²) in [5.41, 5.74) is 0.331. The van der Waals surface area contributed by atoms with Crippen molar-refractivity contribution < 1.29 is 14.8 Å². The summed E-state index contributed by atoms with van der Waals surface area (Å²) in [6.45, 7) is 0. The molecule has 2 fully saturated rings. The summed E-state index contributed by atoms with van der Waals surface area (Å²) in [6, 6.07) is 5.89. The molecule has 3 aliphatic rings. The van der Waals surface area contributed by atoms with Crippen LogP contribution in [0.5, 0.6) is 0 Å². The Morgan fingerprint density at radius 1 is 1.14 bits per heavy atom. The van der Waals surface area contributed by atoms with Crippen molar-refractivity contribution in [3.05, 3.63) is 41.6 Å². The predicted octanol–water partition coefficient (Wildman–Crippen LogP) is 1.69. The summed E-state index contributed by atoms with van der Waals surface area (Å²) in [4.78, 5) is 26.3. The van der Waals surface area contributed by atoms with E-state index in [0.717, 1.165) is 11.3 Å². The zero-order valence-electron chi connectivity index (χ0n) is 11.0. The van der Waals surface area contributed by atoms with E-state index in [-0.39, 0.29) is 46.4 Å². The molecule has 1 heterocycles. The van der Waals surface area contributed by atoms with Gasteiger partial charge in [0, 0.05) is 0 Å². The van der Waals surface area contributed by atoms with Crippen LogP contribution >= 0.6 is 0 Å². The Labute approximate surface area is 120 Å². The lowest BCUT2D eigenvalue weighted by molar-refractivity contribution is -0.123. The minimum absolute atomic E-state index is 0.00810. The zero-order chi connectivity index (χ0) is 14.7. The first-order valence-electron chi connectivity index (χ1n) is 6.90. The highest BCUT2D eigenvalue weighted by Gasteiger charge is 2.59. The van der Waals surface area contributed by atoms with Crippen LogP contribution in [0, 0.1) is 28.9 Å². The van der Waals surface area contributed by atoms with Gasteiger partial charge in [0.05, 0.1) is 23.2 Å². The number of carbonyl (C=O) groups is 2. The van der Waals surface area contributed by atoms with E-state index in [1.165, 1.54) is 18.2 Å². The fourth-order valence-electron chi connectivity index (χ4n) is 3.91. The van der Waals surface area contributed by atoms with Crippen LogP contribution in [0.1, 0.15) is 6.42 Å². The van der Waals surface area contributed by atoms with E-state index in [9.17, 15) is 14.8 Å². The molecule has 4 rings (SSSR count). The molecule has 1 saturated heterocycles. The maximum atomic E-state index is 12.6. The van der Waals surface area contributed by atoms with Gasteiger partial charge >= 0.3 is 0 Å². The molecule has 21 heavy (non-hydrogen) atoms. The minimum atomic E-state index is -0.277. The van der Waals surface area contributed by atoms with Crippen LogP contribution in [0.2, 0.25) is 0 Å². The van der Waals surface area contributed by atoms with Crippen molar-refractivity contribution in [1.29, 1.82) is 0 Å². The lowest BCUT2D eigenvalue weighted by atomic mass is 9.85. The number of imide groups is 1. The van der Waals surface area contributed by atoms with Crippen LogP contribution in [0.15, 0.2) is 36.4 Å². The molecular formula is C15H13N2O4-. The molecule has 1 aliphatic heterocycles. The molecule has 0 spiro atoms. The highest BCUT2D eigenvalue weighted by Crippen LogP contribution is 2.53. The van der Waals surface area contributed by atoms with Crippen LogP contribution in [-0.4, -0.2) is 17.0 Å². The monoisotopic (exact) mass is 285 g/mol. The molecule has 1 aromatic carbocycles. The molecule has 6 heteroatoms. The zero-order valence-corrected chi connectivity index (χ0v) is 11.0. The van der Waals surface area contributed by atoms with Crippen LogP contribution in [0.4, 0.5) is 11.4 Å². The normalized spacial score (nSPS) is 33.0. The van der Waals surface area contributed by atoms with E-state index >= 15 is 0 Å². The lowest BCUT2D eigenvalue weighted by Crippen LogP contribution is -2.32. The van der Waals surface area contributed by atoms with E-state index in [1.54, 1.807) is 6.07 Å². The molecule has 1 N–H and O–H groups in total. The summed E-state index contributed by atoms with van der Waals surface area (Å²) in [6.07, 6.45) is 4.94. The number of nitrogens with zero attached hydrogens (tertiary/aromatic N) is 2. The molecule has 2 amide bonds. The van der Waals surface area contributed by atoms with Gasteiger partial charge in [0.15, 0.2) is 0 Å². The van der Waals surface area contributed by atoms with Crippen LogP contribution in [0.25, 0.3) is 0 Å². The van der Waals surface area contributed by atoms with E-state index in [1.807, 2.05) is 12.2 Å². The topological polar surface area (TPSA) is 83.9 Å². The highest BCUT2D eigenvalue weighted by molar-refractivity contribution is 6.22. The molecule has 0 radical (unpaired) electrons. The van der Waals surface area contributed by atoms with Gasteiger partial charge < -0.3 is 10.4 Å². The van der Waals surface area contributed by atoms with E-state index in [4.69, 9.17) is 5.21 Å². The largest absolute Gasteiger partial charge is 0.733 e. The van der Waals surface area contributed by atoms with Gasteiger partial charge in [-0.2, -0.15) is 0 Å². The first-order valence-corrected chi connectivity index (χ1v) is 6.90. The van der Waals surface area contributed by atoms with Crippen LogP contribution < -0.4 is 10.1 Å². The van der Waals surface area contributed by atoms with E-state index < -0.39 is 0 Å². The number of amides is 2. The molecule has 0 aromatic heterocycles. The van der Waals surface area contributed by atoms with Gasteiger partial charge in [0.2, 0.25) is 11.8 Å². The van der Waals surface area contributed by atoms with Gasteiger partial charge in [-0.25, -0.2) is 4.90 Å². The Kier molecular flexibility index (Phi) is 2.49. The summed E-state index contributed by atoms with van der Waals surface area (Å²) in [7, 11) is 0. The van der Waals surface area contributed by atoms with Crippen molar-refractivity contribution in [3.63, 3.8) is 0 Å². The maximum Gasteiger partial charge on any atom is 0.238 e. The third-order valence-corrected chi connectivity index (χ3v) is 4.78. The first kappa shape index (κ1) is 12.6. The number of carbonyl (C=O) groups excluding carboxylic acids is 2. The number of hydrogen-bond acceptors (Lipinski definition) is 5. The fourth-order valence-corrected chi connectivity index (χ4v) is 3.91. The second-order valence-electron chi connectivity index (χ2n) is 5.80. The smallest absolute Gasteiger partial charge is 0.238 e. The second-order valence-corrected chi connectivity index (χ2v) is 5.80. The molecule has 1 saturated carbocycles. The molecule has 108 valence electrons. The number of hydrogen-bond donors (Lipinski definition) is 1. The average Bonchev–Trinajstić information content (AvgIpc) is 3.13. The van der Waals surface area contributed by atoms with Gasteiger partial charge in [0.1, 0.15) is 0 Å². The van der Waals surface area contributed by atoms with E-state index in [2.05, 4.69) is 0 Å². The highest BCUT2D eigenvalue weighted by atomic mass is 16.8. The molecule has 2 bridgehead atoms. The SMILES string of the molecule is O=C1[C@H]2[C@H](C(=O)N1c1cccc(N([O-])O)c1)[C@@H]1C=C[C@@H]2C1. The number of rotatable bonds is 2. The molecule has 1 aromatic rings. The Morgan fingerprint density at radius 3 is 2.33 bits per heavy atom. The summed E-state index contributed by atoms with van der Waals surface area (Å²) in [5.74, 6) is -0.636. The van der Waals surface area contributed by atoms with Gasteiger partial charge in [-0.05, 0) is 36.5 Å². The molecule has 0 unspecified atom stereocenters. The Bertz CT molecular complexity index is 639. The second kappa shape index (κ2) is 4.16. The van der Waals surface area contributed by atoms with Gasteiger partial charge in [-0.3, -0.25) is 14.8 Å². The quantitative estimate of drug-likeness (QED) is 0.508. The number of fused-ring (bicyclic) bond motifs is 5. The molecule has 2 aliphatic carbocycles. The molecule has 4 atom stereocenters. The van der Waals surface area contributed by atoms with Crippen molar-refractivity contribution in [1.82, 2.24) is 0 Å². The predicted molar refractivity (Wildman–Crippen MR) is 74.3 cm³/mol. The van der Waals surface area contributed by atoms with Gasteiger partial charge in [-0.1, -0.05) is 18.2 Å². The number of anilines is 2. The molecule has 6 nitrogen and oxygen atoms in total. The number of benzene rings is 1. The molecular weight excluding hydrogens is 272 g/mol. The van der Waals surface area contributed by atoms with Crippen molar-refractivity contribution >= 4 is 23.2 Å². The third-order valence-electron chi connectivity index (χ3n) is 4.78. The minimum Gasteiger partial charge on any atom is -0.733 e. The summed E-state index contributed by atoms with van der Waals surface area (Å²) >= 11 is 0. The lowest BCUT2D eigenvalue weighted by Gasteiger charge is -2.24. The van der Waals surface area contributed by atoms with Crippen LogP contribution in [0.3, 0.4) is 0 Å². The van der Waals surface area contributed by atoms with Crippen molar-refractivity contribution in [2.45, 2.75) is 6.42 Å². The summed E-state index contributed by atoms with van der Waals surface area (Å²) < 4.78 is 0. The van der Waals surface area contributed by atoms with Crippen LogP contribution in [-0.2, 0) is 9.59 Å². The Hall–Kier alpha value is -2.18. The number of allylic oxidation sites excluding steroid dienone is 2. The fraction of sp³-hybridized carbons (Fsp3) is 0.333. The van der Waals surface area contributed by atoms with E-state index in [0.29, 0.717) is 5.69 Å². The van der Waals surface area contributed by atoms with Gasteiger partial charge in [-0.15, -0.1) is 0 Å². The maximum absolute atomic E-state index is 12.6. The average molecular weight is 285 g/mol. The first-order chi connectivity index (χ1) is 10.1. The summed E-state index contributed by atoms with van der Waals surface area (Å²) in [5, 5.41) is 19.6. The van der Waals surface area contributed by atoms with Crippen molar-refractivity contribution in [2.75, 3.05) is 10.1 Å². The Balaban J connectivity index is 1.73. The third kappa shape index (κ3) is 1.60. The van der Waals surface area contributed by atoms with Gasteiger partial charge in [0.25, 0.3) is 0 Å². The van der Waals surface area contributed by atoms with Crippen molar-refractivity contribution in [3.8, 4) is 0 Å². The standard InChI is InChI=1S/C15H13N2O4/c18-14-12-8-4-5-9(6-8)13(12)15(19)16(14)10-2-1-3-11(7-10)17(20)21/h1-5,7-9,12-13,20H,6H2/q-1/t8-,9-,12-,13-/m1/s1.